The van der Waals surface area contributed by atoms with Crippen LogP contribution < -0.4 is 10.6 Å². The van der Waals surface area contributed by atoms with E-state index in [2.05, 4.69) is 15.6 Å². The fourth-order valence-corrected chi connectivity index (χ4v) is 4.57. The molecule has 1 aliphatic heterocycles. The van der Waals surface area contributed by atoms with Crippen molar-refractivity contribution in [2.75, 3.05) is 10.6 Å². The molecule has 5 rings (SSSR count). The first-order chi connectivity index (χ1) is 18.4. The van der Waals surface area contributed by atoms with Gasteiger partial charge in [-0.3, -0.25) is 14.4 Å². The highest BCUT2D eigenvalue weighted by molar-refractivity contribution is 6.31. The van der Waals surface area contributed by atoms with Gasteiger partial charge in [-0.25, -0.2) is 4.98 Å². The Morgan fingerprint density at radius 2 is 1.61 bits per heavy atom. The van der Waals surface area contributed by atoms with Crippen LogP contribution in [0.25, 0.3) is 0 Å². The predicted octanol–water partition coefficient (Wildman–Crippen LogP) is 5.85. The summed E-state index contributed by atoms with van der Waals surface area (Å²) in [5, 5.41) is 6.61. The molecule has 0 radical (unpaired) electrons. The minimum Gasteiger partial charge on any atom is -0.323 e. The van der Waals surface area contributed by atoms with Crippen molar-refractivity contribution < 1.29 is 14.4 Å². The average Bonchev–Trinajstić information content (AvgIpc) is 3.00. The summed E-state index contributed by atoms with van der Waals surface area (Å²) in [4.78, 5) is 45.4. The summed E-state index contributed by atoms with van der Waals surface area (Å²) >= 11 is 12.2. The number of amides is 3. The number of rotatable bonds is 6. The van der Waals surface area contributed by atoms with Crippen LogP contribution in [0.4, 0.5) is 11.5 Å². The third-order valence-corrected chi connectivity index (χ3v) is 6.71. The molecule has 1 atom stereocenters. The quantitative estimate of drug-likeness (QED) is 0.318. The number of carbonyl (C=O) groups excluding carboxylic acids is 3. The molecule has 7 nitrogen and oxygen atoms in total. The fraction of sp³-hybridized carbons (Fsp3) is 0.103. The van der Waals surface area contributed by atoms with Gasteiger partial charge in [0.05, 0.1) is 11.3 Å². The first kappa shape index (κ1) is 25.4. The average molecular weight is 545 g/mol. The Balaban J connectivity index is 1.42. The SMILES string of the molecule is O=C(Nc1ccccn1)c1ccc(CN2C(=O)c3ccc(Cl)cc3NC(=O)[C@H]2Cc2ccc(Cl)cc2)cc1. The standard InChI is InChI=1S/C29H22Cl2N4O3/c30-21-10-6-18(7-11-21)15-25-28(37)33-24-16-22(31)12-13-23(24)29(38)35(25)17-19-4-8-20(9-5-19)27(36)34-26-3-1-2-14-32-26/h1-14,16,25H,15,17H2,(H,33,37)(H,32,34,36)/t25-/m1/s1. The van der Waals surface area contributed by atoms with Gasteiger partial charge in [0.1, 0.15) is 11.9 Å². The van der Waals surface area contributed by atoms with Crippen molar-refractivity contribution >= 4 is 52.4 Å². The van der Waals surface area contributed by atoms with Gasteiger partial charge in [-0.15, -0.1) is 0 Å². The van der Waals surface area contributed by atoms with Crippen LogP contribution in [-0.4, -0.2) is 33.6 Å². The first-order valence-corrected chi connectivity index (χ1v) is 12.6. The van der Waals surface area contributed by atoms with Crippen LogP contribution in [0.1, 0.15) is 31.8 Å². The van der Waals surface area contributed by atoms with E-state index >= 15 is 0 Å². The number of hydrogen-bond donors (Lipinski definition) is 2. The maximum absolute atomic E-state index is 13.7. The van der Waals surface area contributed by atoms with Crippen LogP contribution >= 0.6 is 23.2 Å². The second kappa shape index (κ2) is 11.0. The van der Waals surface area contributed by atoms with E-state index in [0.29, 0.717) is 39.1 Å². The zero-order valence-electron chi connectivity index (χ0n) is 20.0. The summed E-state index contributed by atoms with van der Waals surface area (Å²) in [5.74, 6) is -0.468. The van der Waals surface area contributed by atoms with Crippen LogP contribution in [-0.2, 0) is 17.8 Å². The summed E-state index contributed by atoms with van der Waals surface area (Å²) < 4.78 is 0. The maximum Gasteiger partial charge on any atom is 0.256 e. The van der Waals surface area contributed by atoms with Gasteiger partial charge >= 0.3 is 0 Å². The molecule has 0 aliphatic carbocycles. The van der Waals surface area contributed by atoms with E-state index in [9.17, 15) is 14.4 Å². The monoisotopic (exact) mass is 544 g/mol. The van der Waals surface area contributed by atoms with Crippen LogP contribution in [0.5, 0.6) is 0 Å². The normalized spacial score (nSPS) is 14.9. The summed E-state index contributed by atoms with van der Waals surface area (Å²) in [5.41, 5.74) is 2.79. The molecule has 38 heavy (non-hydrogen) atoms. The minimum absolute atomic E-state index is 0.161. The van der Waals surface area contributed by atoms with Crippen molar-refractivity contribution in [3.8, 4) is 0 Å². The first-order valence-electron chi connectivity index (χ1n) is 11.8. The van der Waals surface area contributed by atoms with Crippen molar-refractivity contribution in [2.24, 2.45) is 0 Å². The van der Waals surface area contributed by atoms with Gasteiger partial charge < -0.3 is 15.5 Å². The summed E-state index contributed by atoms with van der Waals surface area (Å²) in [6, 6.07) is 23.3. The zero-order valence-corrected chi connectivity index (χ0v) is 21.5. The van der Waals surface area contributed by atoms with Gasteiger partial charge in [0.15, 0.2) is 0 Å². The molecule has 3 amide bonds. The number of nitrogens with one attached hydrogen (secondary N) is 2. The number of fused-ring (bicyclic) bond motifs is 1. The molecule has 0 bridgehead atoms. The maximum atomic E-state index is 13.7. The molecule has 4 aromatic rings. The molecule has 1 aliphatic rings. The van der Waals surface area contributed by atoms with Gasteiger partial charge in [0.2, 0.25) is 5.91 Å². The number of halogens is 2. The van der Waals surface area contributed by atoms with Crippen molar-refractivity contribution in [3.05, 3.63) is 123 Å². The van der Waals surface area contributed by atoms with Gasteiger partial charge in [-0.05, 0) is 65.7 Å². The summed E-state index contributed by atoms with van der Waals surface area (Å²) in [6.45, 7) is 0.161. The molecule has 0 spiro atoms. The highest BCUT2D eigenvalue weighted by Crippen LogP contribution is 2.29. The topological polar surface area (TPSA) is 91.4 Å². The molecular weight excluding hydrogens is 523 g/mol. The van der Waals surface area contributed by atoms with Crippen molar-refractivity contribution in [3.63, 3.8) is 0 Å². The van der Waals surface area contributed by atoms with Crippen molar-refractivity contribution in [2.45, 2.75) is 19.0 Å². The largest absolute Gasteiger partial charge is 0.323 e. The van der Waals surface area contributed by atoms with Crippen molar-refractivity contribution in [1.29, 1.82) is 0 Å². The third-order valence-electron chi connectivity index (χ3n) is 6.23. The Hall–Kier alpha value is -4.20. The van der Waals surface area contributed by atoms with E-state index in [1.54, 1.807) is 83.9 Å². The highest BCUT2D eigenvalue weighted by atomic mass is 35.5. The number of aromatic nitrogens is 1. The van der Waals surface area contributed by atoms with E-state index in [0.717, 1.165) is 11.1 Å². The summed E-state index contributed by atoms with van der Waals surface area (Å²) in [6.07, 6.45) is 1.89. The van der Waals surface area contributed by atoms with Crippen molar-refractivity contribution in [1.82, 2.24) is 9.88 Å². The molecule has 9 heteroatoms. The number of hydrogen-bond acceptors (Lipinski definition) is 4. The molecule has 0 saturated heterocycles. The number of anilines is 2. The van der Waals surface area contributed by atoms with Gasteiger partial charge in [0, 0.05) is 34.8 Å². The molecule has 0 fully saturated rings. The van der Waals surface area contributed by atoms with Crippen LogP contribution in [0, 0.1) is 0 Å². The Morgan fingerprint density at radius 3 is 2.32 bits per heavy atom. The van der Waals surface area contributed by atoms with E-state index in [4.69, 9.17) is 23.2 Å². The van der Waals surface area contributed by atoms with Crippen LogP contribution in [0.3, 0.4) is 0 Å². The highest BCUT2D eigenvalue weighted by Gasteiger charge is 2.35. The number of nitrogens with zero attached hydrogens (tertiary/aromatic N) is 2. The lowest BCUT2D eigenvalue weighted by Crippen LogP contribution is -2.46. The van der Waals surface area contributed by atoms with E-state index in [1.165, 1.54) is 0 Å². The van der Waals surface area contributed by atoms with Gasteiger partial charge in [-0.1, -0.05) is 53.5 Å². The Labute approximate surface area is 229 Å². The molecule has 190 valence electrons. The molecule has 2 heterocycles. The van der Waals surface area contributed by atoms with Crippen LogP contribution in [0.15, 0.2) is 91.1 Å². The minimum atomic E-state index is -0.790. The lowest BCUT2D eigenvalue weighted by Gasteiger charge is -2.29. The van der Waals surface area contributed by atoms with Gasteiger partial charge in [-0.2, -0.15) is 0 Å². The Kier molecular flexibility index (Phi) is 7.40. The molecule has 1 aromatic heterocycles. The smallest absolute Gasteiger partial charge is 0.256 e. The fourth-order valence-electron chi connectivity index (χ4n) is 4.27. The lowest BCUT2D eigenvalue weighted by atomic mass is 10.0. The van der Waals surface area contributed by atoms with E-state index in [1.807, 2.05) is 12.1 Å². The second-order valence-electron chi connectivity index (χ2n) is 8.82. The third kappa shape index (κ3) is 5.69. The molecule has 2 N–H and O–H groups in total. The Morgan fingerprint density at radius 1 is 0.895 bits per heavy atom. The van der Waals surface area contributed by atoms with Gasteiger partial charge in [0.25, 0.3) is 11.8 Å². The zero-order chi connectivity index (χ0) is 26.6. The summed E-state index contributed by atoms with van der Waals surface area (Å²) in [7, 11) is 0. The van der Waals surface area contributed by atoms with Crippen LogP contribution in [0.2, 0.25) is 10.0 Å². The number of pyridine rings is 1. The lowest BCUT2D eigenvalue weighted by molar-refractivity contribution is -0.120. The second-order valence-corrected chi connectivity index (χ2v) is 9.70. The Bertz CT molecular complexity index is 1490. The van der Waals surface area contributed by atoms with E-state index in [-0.39, 0.29) is 24.3 Å². The molecule has 0 unspecified atom stereocenters. The molecule has 3 aromatic carbocycles. The number of carbonyl (C=O) groups is 3. The number of benzene rings is 3. The molecular formula is C29H22Cl2N4O3. The predicted molar refractivity (Wildman–Crippen MR) is 148 cm³/mol. The van der Waals surface area contributed by atoms with E-state index < -0.39 is 6.04 Å². The molecule has 0 saturated carbocycles.